The number of carbonyl (C=O) groups is 1. The van der Waals surface area contributed by atoms with E-state index in [1.165, 1.54) is 11.1 Å². The summed E-state index contributed by atoms with van der Waals surface area (Å²) in [4.78, 5) is 12.4. The molecule has 1 fully saturated rings. The Morgan fingerprint density at radius 1 is 1.00 bits per heavy atom. The van der Waals surface area contributed by atoms with Crippen LogP contribution in [0.15, 0.2) is 59.8 Å². The zero-order chi connectivity index (χ0) is 21.1. The van der Waals surface area contributed by atoms with Crippen molar-refractivity contribution in [2.75, 3.05) is 0 Å². The third-order valence-corrected chi connectivity index (χ3v) is 6.95. The fraction of sp³-hybridized carbons (Fsp3) is 0.400. The summed E-state index contributed by atoms with van der Waals surface area (Å²) in [5.74, 6) is 1.20. The summed E-state index contributed by atoms with van der Waals surface area (Å²) in [6.45, 7) is 7.34. The van der Waals surface area contributed by atoms with E-state index < -0.39 is 0 Å². The second-order valence-corrected chi connectivity index (χ2v) is 10.2. The molecule has 0 aliphatic heterocycles. The second-order valence-electron chi connectivity index (χ2n) is 9.02. The number of aromatic nitrogens is 3. The van der Waals surface area contributed by atoms with E-state index in [1.54, 1.807) is 11.8 Å². The van der Waals surface area contributed by atoms with E-state index in [-0.39, 0.29) is 10.7 Å². The fourth-order valence-corrected chi connectivity index (χ4v) is 4.97. The molecule has 1 unspecified atom stereocenters. The Hall–Kier alpha value is -2.40. The molecule has 0 amide bonds. The van der Waals surface area contributed by atoms with Gasteiger partial charge in [-0.2, -0.15) is 0 Å². The molecule has 30 heavy (non-hydrogen) atoms. The minimum Gasteiger partial charge on any atom is -0.298 e. The molecule has 0 spiro atoms. The van der Waals surface area contributed by atoms with Crippen molar-refractivity contribution in [2.24, 2.45) is 0 Å². The average Bonchev–Trinajstić information content (AvgIpc) is 3.12. The lowest BCUT2D eigenvalue weighted by Gasteiger charge is -2.20. The summed E-state index contributed by atoms with van der Waals surface area (Å²) in [5.41, 5.74) is 3.65. The van der Waals surface area contributed by atoms with Crippen molar-refractivity contribution in [1.82, 2.24) is 14.8 Å². The number of thioether (sulfide) groups is 1. The first-order valence-electron chi connectivity index (χ1n) is 10.7. The molecule has 4 nitrogen and oxygen atoms in total. The molecule has 2 aromatic carbocycles. The van der Waals surface area contributed by atoms with Gasteiger partial charge in [-0.25, -0.2) is 0 Å². The minimum atomic E-state index is -0.00594. The Labute approximate surface area is 183 Å². The lowest BCUT2D eigenvalue weighted by Crippen LogP contribution is -2.22. The Morgan fingerprint density at radius 3 is 2.40 bits per heavy atom. The van der Waals surface area contributed by atoms with Crippen LogP contribution in [0, 0.1) is 0 Å². The highest BCUT2D eigenvalue weighted by atomic mass is 32.2. The van der Waals surface area contributed by atoms with Crippen molar-refractivity contribution < 1.29 is 4.79 Å². The van der Waals surface area contributed by atoms with Gasteiger partial charge < -0.3 is 0 Å². The Bertz CT molecular complexity index is 1000. The van der Waals surface area contributed by atoms with E-state index in [0.717, 1.165) is 35.8 Å². The Kier molecular flexibility index (Phi) is 6.09. The second kappa shape index (κ2) is 8.76. The summed E-state index contributed by atoms with van der Waals surface area (Å²) in [5, 5.41) is 9.88. The molecule has 1 aliphatic rings. The highest BCUT2D eigenvalue weighted by Crippen LogP contribution is 2.33. The number of hydrogen-bond acceptors (Lipinski definition) is 4. The summed E-state index contributed by atoms with van der Waals surface area (Å²) in [6, 6.07) is 19.0. The minimum absolute atomic E-state index is 0.00594. The van der Waals surface area contributed by atoms with Gasteiger partial charge in [0.1, 0.15) is 5.78 Å². The molecule has 1 heterocycles. The van der Waals surface area contributed by atoms with Crippen LogP contribution in [0.2, 0.25) is 0 Å². The maximum atomic E-state index is 12.4. The van der Waals surface area contributed by atoms with E-state index in [1.807, 2.05) is 6.07 Å². The van der Waals surface area contributed by atoms with Crippen LogP contribution in [0.3, 0.4) is 0 Å². The van der Waals surface area contributed by atoms with Crippen molar-refractivity contribution in [3.63, 3.8) is 0 Å². The topological polar surface area (TPSA) is 47.8 Å². The molecule has 1 saturated carbocycles. The van der Waals surface area contributed by atoms with Crippen molar-refractivity contribution >= 4 is 17.5 Å². The van der Waals surface area contributed by atoms with Gasteiger partial charge >= 0.3 is 0 Å². The summed E-state index contributed by atoms with van der Waals surface area (Å²) in [7, 11) is 0. The summed E-state index contributed by atoms with van der Waals surface area (Å²) >= 11 is 1.58. The van der Waals surface area contributed by atoms with Crippen LogP contribution in [0.5, 0.6) is 0 Å². The lowest BCUT2D eigenvalue weighted by molar-refractivity contribution is -0.119. The average molecular weight is 420 g/mol. The molecule has 1 atom stereocenters. The first-order valence-corrected chi connectivity index (χ1v) is 11.6. The van der Waals surface area contributed by atoms with Crippen LogP contribution in [0.4, 0.5) is 0 Å². The van der Waals surface area contributed by atoms with Gasteiger partial charge in [-0.05, 0) is 29.4 Å². The number of carbonyl (C=O) groups excluding carboxylic acids is 1. The normalized spacial score (nSPS) is 17.3. The molecule has 1 aromatic heterocycles. The zero-order valence-corrected chi connectivity index (χ0v) is 18.8. The van der Waals surface area contributed by atoms with Crippen LogP contribution < -0.4 is 0 Å². The van der Waals surface area contributed by atoms with Gasteiger partial charge in [-0.1, -0.05) is 93.6 Å². The molecule has 4 rings (SSSR count). The van der Waals surface area contributed by atoms with Gasteiger partial charge in [0.15, 0.2) is 11.0 Å². The molecule has 0 radical (unpaired) electrons. The SMILES string of the molecule is CC(C)(C)c1ccc(-c2nnc(SC3CCCCC3=O)n2Cc2ccccc2)cc1. The van der Waals surface area contributed by atoms with Crippen molar-refractivity contribution in [3.8, 4) is 11.4 Å². The molecule has 1 aliphatic carbocycles. The standard InChI is InChI=1S/C25H29N3OS/c1-25(2,3)20-15-13-19(14-16-20)23-26-27-24(30-22-12-8-7-11-21(22)29)28(23)17-18-9-5-4-6-10-18/h4-6,9-10,13-16,22H,7-8,11-12,17H2,1-3H3. The molecule has 156 valence electrons. The molecule has 0 saturated heterocycles. The number of hydrogen-bond donors (Lipinski definition) is 0. The fourth-order valence-electron chi connectivity index (χ4n) is 3.82. The van der Waals surface area contributed by atoms with E-state index in [2.05, 4.69) is 84.1 Å². The van der Waals surface area contributed by atoms with Gasteiger partial charge in [0, 0.05) is 12.0 Å². The highest BCUT2D eigenvalue weighted by molar-refractivity contribution is 8.00. The predicted molar refractivity (Wildman–Crippen MR) is 123 cm³/mol. The number of ketones is 1. The van der Waals surface area contributed by atoms with E-state index in [9.17, 15) is 4.79 Å². The van der Waals surface area contributed by atoms with Gasteiger partial charge in [-0.3, -0.25) is 9.36 Å². The maximum absolute atomic E-state index is 12.4. The number of rotatable bonds is 5. The third-order valence-electron chi connectivity index (χ3n) is 5.66. The van der Waals surface area contributed by atoms with Gasteiger partial charge in [-0.15, -0.1) is 10.2 Å². The molecular formula is C25H29N3OS. The number of nitrogens with zero attached hydrogens (tertiary/aromatic N) is 3. The quantitative estimate of drug-likeness (QED) is 0.517. The Morgan fingerprint density at radius 2 is 1.73 bits per heavy atom. The monoisotopic (exact) mass is 419 g/mol. The largest absolute Gasteiger partial charge is 0.298 e. The molecular weight excluding hydrogens is 390 g/mol. The van der Waals surface area contributed by atoms with Gasteiger partial charge in [0.25, 0.3) is 0 Å². The summed E-state index contributed by atoms with van der Waals surface area (Å²) in [6.07, 6.45) is 3.73. The van der Waals surface area contributed by atoms with E-state index >= 15 is 0 Å². The van der Waals surface area contributed by atoms with E-state index in [4.69, 9.17) is 0 Å². The van der Waals surface area contributed by atoms with Crippen LogP contribution >= 0.6 is 11.8 Å². The first-order chi connectivity index (χ1) is 14.4. The van der Waals surface area contributed by atoms with Crippen LogP contribution in [0.25, 0.3) is 11.4 Å². The van der Waals surface area contributed by atoms with Crippen LogP contribution in [-0.4, -0.2) is 25.8 Å². The number of Topliss-reactive ketones (excluding diaryl/α,β-unsaturated/α-hetero) is 1. The van der Waals surface area contributed by atoms with Crippen molar-refractivity contribution in [2.45, 2.75) is 68.8 Å². The smallest absolute Gasteiger partial charge is 0.192 e. The number of benzene rings is 2. The molecule has 5 heteroatoms. The zero-order valence-electron chi connectivity index (χ0n) is 18.0. The predicted octanol–water partition coefficient (Wildman–Crippen LogP) is 5.89. The van der Waals surface area contributed by atoms with Crippen molar-refractivity contribution in [3.05, 3.63) is 65.7 Å². The third kappa shape index (κ3) is 4.67. The molecule has 3 aromatic rings. The molecule has 0 bridgehead atoms. The summed E-state index contributed by atoms with van der Waals surface area (Å²) < 4.78 is 2.16. The highest BCUT2D eigenvalue weighted by Gasteiger charge is 2.26. The van der Waals surface area contributed by atoms with E-state index in [0.29, 0.717) is 18.7 Å². The van der Waals surface area contributed by atoms with Crippen LogP contribution in [-0.2, 0) is 16.8 Å². The Balaban J connectivity index is 1.69. The molecule has 0 N–H and O–H groups in total. The first kappa shape index (κ1) is 20.9. The van der Waals surface area contributed by atoms with Gasteiger partial charge in [0.2, 0.25) is 0 Å². The lowest BCUT2D eigenvalue weighted by atomic mass is 9.87. The maximum Gasteiger partial charge on any atom is 0.192 e. The van der Waals surface area contributed by atoms with Gasteiger partial charge in [0.05, 0.1) is 11.8 Å². The van der Waals surface area contributed by atoms with Crippen LogP contribution in [0.1, 0.15) is 57.6 Å². The van der Waals surface area contributed by atoms with Crippen molar-refractivity contribution in [1.29, 1.82) is 0 Å².